The second-order valence-corrected chi connectivity index (χ2v) is 5.46. The minimum atomic E-state index is -0.0536. The number of likely N-dealkylation sites (N-methyl/N-ethyl adjacent to an activating group) is 1. The number of hydrogen-bond acceptors (Lipinski definition) is 3. The van der Waals surface area contributed by atoms with Gasteiger partial charge in [-0.25, -0.2) is 0 Å². The Bertz CT molecular complexity index is 499. The standard InChI is InChI=1S/C16H23N3O2/c1-12(20)18-10-13-5-7-14(8-6-13)16(21)19-9-3-4-15(19)11-17-2/h5-8,15,17H,3-4,9-11H2,1-2H3,(H,18,20)/t15-/m0/s1. The second kappa shape index (κ2) is 7.22. The number of benzene rings is 1. The van der Waals surface area contributed by atoms with Gasteiger partial charge in [0.05, 0.1) is 0 Å². The lowest BCUT2D eigenvalue weighted by Crippen LogP contribution is -2.40. The van der Waals surface area contributed by atoms with Gasteiger partial charge in [-0.1, -0.05) is 12.1 Å². The van der Waals surface area contributed by atoms with Crippen LogP contribution in [0.5, 0.6) is 0 Å². The number of amides is 2. The second-order valence-electron chi connectivity index (χ2n) is 5.46. The molecule has 5 nitrogen and oxygen atoms in total. The number of nitrogens with zero attached hydrogens (tertiary/aromatic N) is 1. The van der Waals surface area contributed by atoms with Gasteiger partial charge in [0.25, 0.3) is 5.91 Å². The molecule has 0 aliphatic carbocycles. The molecular weight excluding hydrogens is 266 g/mol. The molecule has 0 bridgehead atoms. The summed E-state index contributed by atoms with van der Waals surface area (Å²) in [5.74, 6) is 0.0426. The van der Waals surface area contributed by atoms with Gasteiger partial charge in [0.1, 0.15) is 0 Å². The van der Waals surface area contributed by atoms with Crippen molar-refractivity contribution in [1.29, 1.82) is 0 Å². The summed E-state index contributed by atoms with van der Waals surface area (Å²) in [5, 5.41) is 5.90. The number of rotatable bonds is 5. The largest absolute Gasteiger partial charge is 0.352 e. The highest BCUT2D eigenvalue weighted by Gasteiger charge is 2.28. The molecule has 1 aliphatic rings. The Kier molecular flexibility index (Phi) is 5.33. The third kappa shape index (κ3) is 4.04. The van der Waals surface area contributed by atoms with Gasteiger partial charge in [-0.15, -0.1) is 0 Å². The molecule has 2 N–H and O–H groups in total. The minimum Gasteiger partial charge on any atom is -0.352 e. The van der Waals surface area contributed by atoms with Gasteiger partial charge >= 0.3 is 0 Å². The zero-order valence-corrected chi connectivity index (χ0v) is 12.7. The average Bonchev–Trinajstić information content (AvgIpc) is 2.93. The van der Waals surface area contributed by atoms with Gasteiger partial charge in [0.2, 0.25) is 5.91 Å². The number of likely N-dealkylation sites (tertiary alicyclic amines) is 1. The van der Waals surface area contributed by atoms with Gasteiger partial charge < -0.3 is 15.5 Å². The Morgan fingerprint density at radius 1 is 1.29 bits per heavy atom. The Morgan fingerprint density at radius 2 is 2.00 bits per heavy atom. The van der Waals surface area contributed by atoms with Crippen LogP contribution in [-0.4, -0.2) is 42.9 Å². The first-order valence-electron chi connectivity index (χ1n) is 7.40. The topological polar surface area (TPSA) is 61.4 Å². The van der Waals surface area contributed by atoms with E-state index in [0.29, 0.717) is 18.2 Å². The van der Waals surface area contributed by atoms with Crippen molar-refractivity contribution in [3.63, 3.8) is 0 Å². The zero-order chi connectivity index (χ0) is 15.2. The van der Waals surface area contributed by atoms with E-state index in [-0.39, 0.29) is 11.8 Å². The lowest BCUT2D eigenvalue weighted by atomic mass is 10.1. The monoisotopic (exact) mass is 289 g/mol. The van der Waals surface area contributed by atoms with Crippen LogP contribution in [0.4, 0.5) is 0 Å². The highest BCUT2D eigenvalue weighted by molar-refractivity contribution is 5.94. The molecule has 0 unspecified atom stereocenters. The Hall–Kier alpha value is -1.88. The van der Waals surface area contributed by atoms with E-state index in [1.54, 1.807) is 0 Å². The van der Waals surface area contributed by atoms with E-state index < -0.39 is 0 Å². The zero-order valence-electron chi connectivity index (χ0n) is 12.7. The predicted octanol–water partition coefficient (Wildman–Crippen LogP) is 1.15. The van der Waals surface area contributed by atoms with Crippen molar-refractivity contribution < 1.29 is 9.59 Å². The Balaban J connectivity index is 2.00. The average molecular weight is 289 g/mol. The molecule has 0 radical (unpaired) electrons. The highest BCUT2D eigenvalue weighted by Crippen LogP contribution is 2.19. The molecule has 2 amide bonds. The molecule has 1 atom stereocenters. The van der Waals surface area contributed by atoms with Crippen LogP contribution >= 0.6 is 0 Å². The van der Waals surface area contributed by atoms with Crippen LogP contribution in [0.1, 0.15) is 35.7 Å². The predicted molar refractivity (Wildman–Crippen MR) is 81.9 cm³/mol. The molecule has 1 saturated heterocycles. The molecule has 2 rings (SSSR count). The van der Waals surface area contributed by atoms with Gasteiger partial charge in [-0.05, 0) is 37.6 Å². The van der Waals surface area contributed by atoms with Crippen molar-refractivity contribution in [1.82, 2.24) is 15.5 Å². The summed E-state index contributed by atoms with van der Waals surface area (Å²) < 4.78 is 0. The van der Waals surface area contributed by atoms with Crippen LogP contribution < -0.4 is 10.6 Å². The quantitative estimate of drug-likeness (QED) is 0.855. The van der Waals surface area contributed by atoms with E-state index >= 15 is 0 Å². The van der Waals surface area contributed by atoms with Crippen molar-refractivity contribution in [2.75, 3.05) is 20.1 Å². The summed E-state index contributed by atoms with van der Waals surface area (Å²) in [6, 6.07) is 7.77. The van der Waals surface area contributed by atoms with E-state index in [2.05, 4.69) is 10.6 Å². The third-order valence-electron chi connectivity index (χ3n) is 3.82. The maximum Gasteiger partial charge on any atom is 0.254 e. The summed E-state index contributed by atoms with van der Waals surface area (Å²) in [4.78, 5) is 25.4. The van der Waals surface area contributed by atoms with Gasteiger partial charge in [-0.3, -0.25) is 9.59 Å². The van der Waals surface area contributed by atoms with Crippen molar-refractivity contribution >= 4 is 11.8 Å². The molecule has 0 spiro atoms. The molecule has 5 heteroatoms. The minimum absolute atomic E-state index is 0.0536. The van der Waals surface area contributed by atoms with Gasteiger partial charge in [0, 0.05) is 38.2 Å². The molecule has 1 aliphatic heterocycles. The normalized spacial score (nSPS) is 17.8. The maximum absolute atomic E-state index is 12.5. The SMILES string of the molecule is CNC[C@@H]1CCCN1C(=O)c1ccc(CNC(C)=O)cc1. The van der Waals surface area contributed by atoms with E-state index in [1.165, 1.54) is 6.92 Å². The van der Waals surface area contributed by atoms with Crippen LogP contribution in [0.3, 0.4) is 0 Å². The molecule has 0 aromatic heterocycles. The first-order chi connectivity index (χ1) is 10.1. The lowest BCUT2D eigenvalue weighted by Gasteiger charge is -2.24. The van der Waals surface area contributed by atoms with Crippen LogP contribution in [0.25, 0.3) is 0 Å². The van der Waals surface area contributed by atoms with Crippen molar-refractivity contribution in [2.45, 2.75) is 32.4 Å². The Labute approximate surface area is 125 Å². The molecule has 0 saturated carbocycles. The summed E-state index contributed by atoms with van der Waals surface area (Å²) >= 11 is 0. The first kappa shape index (κ1) is 15.5. The van der Waals surface area contributed by atoms with Gasteiger partial charge in [-0.2, -0.15) is 0 Å². The number of carbonyl (C=O) groups excluding carboxylic acids is 2. The van der Waals surface area contributed by atoms with Crippen LogP contribution in [0.15, 0.2) is 24.3 Å². The number of hydrogen-bond donors (Lipinski definition) is 2. The molecule has 1 heterocycles. The van der Waals surface area contributed by atoms with Crippen LogP contribution in [-0.2, 0) is 11.3 Å². The molecule has 1 aromatic rings. The fourth-order valence-corrected chi connectivity index (χ4v) is 2.71. The first-order valence-corrected chi connectivity index (χ1v) is 7.40. The lowest BCUT2D eigenvalue weighted by molar-refractivity contribution is -0.119. The summed E-state index contributed by atoms with van der Waals surface area (Å²) in [6.07, 6.45) is 2.13. The molecule has 1 fully saturated rings. The fourth-order valence-electron chi connectivity index (χ4n) is 2.71. The Morgan fingerprint density at radius 3 is 2.62 bits per heavy atom. The van der Waals surface area contributed by atoms with E-state index in [0.717, 1.165) is 31.5 Å². The van der Waals surface area contributed by atoms with Crippen molar-refractivity contribution in [3.8, 4) is 0 Å². The fraction of sp³-hybridized carbons (Fsp3) is 0.500. The smallest absolute Gasteiger partial charge is 0.254 e. The van der Waals surface area contributed by atoms with E-state index in [1.807, 2.05) is 36.2 Å². The highest BCUT2D eigenvalue weighted by atomic mass is 16.2. The third-order valence-corrected chi connectivity index (χ3v) is 3.82. The number of carbonyl (C=O) groups is 2. The maximum atomic E-state index is 12.5. The summed E-state index contributed by atoms with van der Waals surface area (Å²) in [5.41, 5.74) is 1.71. The van der Waals surface area contributed by atoms with E-state index in [9.17, 15) is 9.59 Å². The summed E-state index contributed by atoms with van der Waals surface area (Å²) in [6.45, 7) is 3.66. The molecule has 114 valence electrons. The number of nitrogens with one attached hydrogen (secondary N) is 2. The van der Waals surface area contributed by atoms with Crippen LogP contribution in [0, 0.1) is 0 Å². The molecule has 1 aromatic carbocycles. The van der Waals surface area contributed by atoms with E-state index in [4.69, 9.17) is 0 Å². The van der Waals surface area contributed by atoms with Crippen LogP contribution in [0.2, 0.25) is 0 Å². The summed E-state index contributed by atoms with van der Waals surface area (Å²) in [7, 11) is 1.91. The molecule has 21 heavy (non-hydrogen) atoms. The van der Waals surface area contributed by atoms with Crippen molar-refractivity contribution in [3.05, 3.63) is 35.4 Å². The van der Waals surface area contributed by atoms with Gasteiger partial charge in [0.15, 0.2) is 0 Å². The van der Waals surface area contributed by atoms with Crippen molar-refractivity contribution in [2.24, 2.45) is 0 Å². The molecular formula is C16H23N3O2.